The highest BCUT2D eigenvalue weighted by molar-refractivity contribution is 5.75. The van der Waals surface area contributed by atoms with E-state index in [1.165, 1.54) is 0 Å². The second kappa shape index (κ2) is 11.3. The lowest BCUT2D eigenvalue weighted by molar-refractivity contribution is -0.383. The van der Waals surface area contributed by atoms with Crippen LogP contribution in [-0.4, -0.2) is 55.0 Å². The van der Waals surface area contributed by atoms with Crippen molar-refractivity contribution in [2.75, 3.05) is 37.5 Å². The summed E-state index contributed by atoms with van der Waals surface area (Å²) in [6, 6.07) is 6.92. The van der Waals surface area contributed by atoms with E-state index < -0.39 is 16.6 Å². The van der Waals surface area contributed by atoms with Gasteiger partial charge in [-0.1, -0.05) is 0 Å². The number of aromatic nitrogens is 1. The lowest BCUT2D eigenvalue weighted by Gasteiger charge is -2.35. The highest BCUT2D eigenvalue weighted by Gasteiger charge is 2.31. The van der Waals surface area contributed by atoms with Crippen LogP contribution >= 0.6 is 0 Å². The van der Waals surface area contributed by atoms with Gasteiger partial charge in [0, 0.05) is 43.0 Å². The lowest BCUT2D eigenvalue weighted by Crippen LogP contribution is -2.49. The Labute approximate surface area is 211 Å². The van der Waals surface area contributed by atoms with Gasteiger partial charge >= 0.3 is 11.8 Å². The maximum absolute atomic E-state index is 12.3. The van der Waals surface area contributed by atoms with Gasteiger partial charge in [0.05, 0.1) is 19.1 Å². The van der Waals surface area contributed by atoms with Crippen molar-refractivity contribution in [1.82, 2.24) is 10.3 Å². The van der Waals surface area contributed by atoms with Crippen molar-refractivity contribution in [3.05, 3.63) is 45.6 Å². The summed E-state index contributed by atoms with van der Waals surface area (Å²) < 4.78 is 16.1. The minimum atomic E-state index is -0.605. The number of benzene rings is 1. The topological polar surface area (TPSA) is 128 Å². The third-order valence-electron chi connectivity index (χ3n) is 5.71. The smallest absolute Gasteiger partial charge is 0.407 e. The van der Waals surface area contributed by atoms with Gasteiger partial charge in [0.25, 0.3) is 0 Å². The number of nitrogens with zero attached hydrogens (tertiary/aromatic N) is 3. The van der Waals surface area contributed by atoms with Crippen LogP contribution in [0.1, 0.15) is 44.9 Å². The molecular formula is C25H35N5O6. The quantitative estimate of drug-likeness (QED) is 0.399. The third kappa shape index (κ3) is 6.89. The first-order valence-corrected chi connectivity index (χ1v) is 11.9. The fourth-order valence-corrected chi connectivity index (χ4v) is 4.16. The van der Waals surface area contributed by atoms with Gasteiger partial charge in [0.2, 0.25) is 5.82 Å². The van der Waals surface area contributed by atoms with E-state index in [0.717, 1.165) is 18.4 Å². The number of carbonyl (C=O) groups is 1. The standard InChI is InChI=1S/C25H35N5O6/c1-16-12-20(29-11-7-8-18(15-29)28-24(31)36-25(2,3)4)22(30(32)33)23(27-16)26-14-17-9-10-19(34-5)13-21(17)35-6/h9-10,12-13,18H,7-8,11,14-15H2,1-6H3,(H,26,27)(H,28,31). The molecule has 11 nitrogen and oxygen atoms in total. The summed E-state index contributed by atoms with van der Waals surface area (Å²) in [6.07, 6.45) is 1.03. The van der Waals surface area contributed by atoms with Crippen LogP contribution in [0.4, 0.5) is 22.0 Å². The minimum absolute atomic E-state index is 0.106. The molecule has 1 saturated heterocycles. The number of nitrogens with one attached hydrogen (secondary N) is 2. The first-order chi connectivity index (χ1) is 17.0. The number of aryl methyl sites for hydroxylation is 1. The van der Waals surface area contributed by atoms with Crippen molar-refractivity contribution in [2.45, 2.75) is 58.7 Å². The van der Waals surface area contributed by atoms with E-state index in [-0.39, 0.29) is 24.1 Å². The Morgan fingerprint density at radius 1 is 1.25 bits per heavy atom. The largest absolute Gasteiger partial charge is 0.497 e. The molecule has 1 amide bonds. The van der Waals surface area contributed by atoms with E-state index >= 15 is 0 Å². The number of piperidine rings is 1. The van der Waals surface area contributed by atoms with E-state index in [4.69, 9.17) is 14.2 Å². The third-order valence-corrected chi connectivity index (χ3v) is 5.71. The normalized spacial score (nSPS) is 15.7. The fraction of sp³-hybridized carbons (Fsp3) is 0.520. The van der Waals surface area contributed by atoms with Gasteiger partial charge in [0.1, 0.15) is 22.8 Å². The maximum atomic E-state index is 12.3. The molecule has 36 heavy (non-hydrogen) atoms. The molecule has 11 heteroatoms. The Morgan fingerprint density at radius 3 is 2.64 bits per heavy atom. The van der Waals surface area contributed by atoms with Gasteiger partial charge < -0.3 is 29.7 Å². The SMILES string of the molecule is COc1ccc(CNc2nc(C)cc(N3CCCC(NC(=O)OC(C)(C)C)C3)c2[N+](=O)[O-])c(OC)c1. The Hall–Kier alpha value is -3.76. The van der Waals surface area contributed by atoms with E-state index in [9.17, 15) is 14.9 Å². The predicted octanol–water partition coefficient (Wildman–Crippen LogP) is 4.42. The van der Waals surface area contributed by atoms with Crippen LogP contribution in [0, 0.1) is 17.0 Å². The maximum Gasteiger partial charge on any atom is 0.407 e. The van der Waals surface area contributed by atoms with E-state index in [2.05, 4.69) is 15.6 Å². The summed E-state index contributed by atoms with van der Waals surface area (Å²) in [5.41, 5.74) is 1.20. The molecule has 1 atom stereocenters. The fourth-order valence-electron chi connectivity index (χ4n) is 4.16. The van der Waals surface area contributed by atoms with Crippen molar-refractivity contribution < 1.29 is 23.9 Å². The molecule has 0 saturated carbocycles. The second-order valence-electron chi connectivity index (χ2n) is 9.70. The highest BCUT2D eigenvalue weighted by atomic mass is 16.6. The zero-order valence-corrected chi connectivity index (χ0v) is 21.7. The number of ether oxygens (including phenoxy) is 3. The molecule has 1 fully saturated rings. The number of carbonyl (C=O) groups excluding carboxylic acids is 1. The zero-order chi connectivity index (χ0) is 26.5. The van der Waals surface area contributed by atoms with Gasteiger partial charge in [0.15, 0.2) is 0 Å². The van der Waals surface area contributed by atoms with Gasteiger partial charge in [-0.25, -0.2) is 9.78 Å². The first kappa shape index (κ1) is 26.8. The van der Waals surface area contributed by atoms with Crippen LogP contribution in [-0.2, 0) is 11.3 Å². The van der Waals surface area contributed by atoms with Crippen molar-refractivity contribution in [3.63, 3.8) is 0 Å². The molecule has 2 heterocycles. The summed E-state index contributed by atoms with van der Waals surface area (Å²) in [5.74, 6) is 1.43. The number of alkyl carbamates (subject to hydrolysis) is 1. The Kier molecular flexibility index (Phi) is 8.44. The second-order valence-corrected chi connectivity index (χ2v) is 9.70. The average molecular weight is 502 g/mol. The molecule has 1 aliphatic heterocycles. The number of pyridine rings is 1. The highest BCUT2D eigenvalue weighted by Crippen LogP contribution is 2.37. The summed E-state index contributed by atoms with van der Waals surface area (Å²) in [4.78, 5) is 30.4. The number of anilines is 2. The van der Waals surface area contributed by atoms with E-state index in [1.54, 1.807) is 60.1 Å². The molecule has 1 aliphatic rings. The number of hydrogen-bond acceptors (Lipinski definition) is 9. The van der Waals surface area contributed by atoms with E-state index in [1.807, 2.05) is 11.0 Å². The molecule has 1 unspecified atom stereocenters. The minimum Gasteiger partial charge on any atom is -0.497 e. The zero-order valence-electron chi connectivity index (χ0n) is 21.7. The van der Waals surface area contributed by atoms with E-state index in [0.29, 0.717) is 36.0 Å². The summed E-state index contributed by atoms with van der Waals surface area (Å²) in [6.45, 7) is 8.54. The summed E-state index contributed by atoms with van der Waals surface area (Å²) >= 11 is 0. The molecule has 0 aliphatic carbocycles. The van der Waals surface area contributed by atoms with Crippen LogP contribution < -0.4 is 25.0 Å². The number of methoxy groups -OCH3 is 2. The molecule has 1 aromatic heterocycles. The molecule has 2 N–H and O–H groups in total. The molecule has 0 spiro atoms. The Bertz CT molecular complexity index is 1100. The van der Waals surface area contributed by atoms with Gasteiger partial charge in [-0.15, -0.1) is 0 Å². The van der Waals surface area contributed by atoms with Gasteiger partial charge in [-0.3, -0.25) is 10.1 Å². The van der Waals surface area contributed by atoms with Crippen LogP contribution in [0.25, 0.3) is 0 Å². The van der Waals surface area contributed by atoms with Crippen LogP contribution in [0.3, 0.4) is 0 Å². The summed E-state index contributed by atoms with van der Waals surface area (Å²) in [5, 5.41) is 18.2. The van der Waals surface area contributed by atoms with Crippen LogP contribution in [0.2, 0.25) is 0 Å². The molecule has 3 rings (SSSR count). The molecule has 196 valence electrons. The van der Waals surface area contributed by atoms with Crippen molar-refractivity contribution in [2.24, 2.45) is 0 Å². The number of nitro groups is 1. The summed E-state index contributed by atoms with van der Waals surface area (Å²) in [7, 11) is 3.13. The monoisotopic (exact) mass is 501 g/mol. The Morgan fingerprint density at radius 2 is 2.00 bits per heavy atom. The molecule has 0 bridgehead atoms. The van der Waals surface area contributed by atoms with Crippen LogP contribution in [0.5, 0.6) is 11.5 Å². The number of rotatable bonds is 8. The lowest BCUT2D eigenvalue weighted by atomic mass is 10.0. The van der Waals surface area contributed by atoms with Gasteiger partial charge in [-0.2, -0.15) is 0 Å². The molecule has 2 aromatic rings. The number of hydrogen-bond donors (Lipinski definition) is 2. The molecule has 1 aromatic carbocycles. The van der Waals surface area contributed by atoms with Crippen molar-refractivity contribution in [3.8, 4) is 11.5 Å². The average Bonchev–Trinajstić information content (AvgIpc) is 2.80. The number of amides is 1. The first-order valence-electron chi connectivity index (χ1n) is 11.9. The Balaban J connectivity index is 1.83. The molecular weight excluding hydrogens is 466 g/mol. The van der Waals surface area contributed by atoms with Crippen molar-refractivity contribution in [1.29, 1.82) is 0 Å². The van der Waals surface area contributed by atoms with Crippen molar-refractivity contribution >= 4 is 23.3 Å². The van der Waals surface area contributed by atoms with Gasteiger partial charge in [-0.05, 0) is 58.7 Å². The molecule has 0 radical (unpaired) electrons. The van der Waals surface area contributed by atoms with Crippen LogP contribution in [0.15, 0.2) is 24.3 Å². The predicted molar refractivity (Wildman–Crippen MR) is 137 cm³/mol.